The minimum Gasteiger partial charge on any atom is -0.479 e. The van der Waals surface area contributed by atoms with Crippen LogP contribution in [0, 0.1) is 11.8 Å². The van der Waals surface area contributed by atoms with Crippen LogP contribution < -0.4 is 0 Å². The highest BCUT2D eigenvalue weighted by Gasteiger charge is 2.43. The summed E-state index contributed by atoms with van der Waals surface area (Å²) in [7, 11) is 0. The third kappa shape index (κ3) is 6.03. The van der Waals surface area contributed by atoms with E-state index in [2.05, 4.69) is 19.6 Å². The molecule has 1 aliphatic carbocycles. The first-order valence-electron chi connectivity index (χ1n) is 10.1. The zero-order chi connectivity index (χ0) is 19.9. The van der Waals surface area contributed by atoms with Gasteiger partial charge in [0, 0.05) is 12.3 Å². The fourth-order valence-corrected chi connectivity index (χ4v) is 4.12. The smallest absolute Gasteiger partial charge is 0.332 e. The van der Waals surface area contributed by atoms with E-state index in [9.17, 15) is 20.1 Å². The summed E-state index contributed by atoms with van der Waals surface area (Å²) < 4.78 is 5.88. The quantitative estimate of drug-likeness (QED) is 0.562. The third-order valence-electron chi connectivity index (χ3n) is 5.85. The molecule has 0 saturated heterocycles. The van der Waals surface area contributed by atoms with E-state index in [1.165, 1.54) is 0 Å². The molecule has 1 heterocycles. The van der Waals surface area contributed by atoms with Gasteiger partial charge < -0.3 is 20.1 Å². The number of ether oxygens (including phenoxy) is 1. The first kappa shape index (κ1) is 21.9. The summed E-state index contributed by atoms with van der Waals surface area (Å²) in [4.78, 5) is 11.4. The predicted octanol–water partition coefficient (Wildman–Crippen LogP) is 3.62. The maximum atomic E-state index is 11.4. The van der Waals surface area contributed by atoms with Crippen LogP contribution in [0.5, 0.6) is 0 Å². The highest BCUT2D eigenvalue weighted by molar-refractivity contribution is 5.72. The van der Waals surface area contributed by atoms with Gasteiger partial charge in [0.2, 0.25) is 0 Å². The molecule has 2 aliphatic rings. The van der Waals surface area contributed by atoms with E-state index >= 15 is 0 Å². The molecule has 5 heteroatoms. The summed E-state index contributed by atoms with van der Waals surface area (Å²) in [5.41, 5.74) is -0.918. The highest BCUT2D eigenvalue weighted by Crippen LogP contribution is 2.40. The number of aliphatic carboxylic acids is 1. The van der Waals surface area contributed by atoms with Gasteiger partial charge in [0.25, 0.3) is 0 Å². The van der Waals surface area contributed by atoms with Crippen molar-refractivity contribution in [1.82, 2.24) is 0 Å². The van der Waals surface area contributed by atoms with Crippen LogP contribution in [0.2, 0.25) is 0 Å². The van der Waals surface area contributed by atoms with Crippen molar-refractivity contribution >= 4 is 5.97 Å². The molecule has 152 valence electrons. The minimum absolute atomic E-state index is 0.0416. The van der Waals surface area contributed by atoms with Gasteiger partial charge in [-0.2, -0.15) is 0 Å². The molecule has 0 bridgehead atoms. The Hall–Kier alpha value is -1.43. The Morgan fingerprint density at radius 1 is 1.41 bits per heavy atom. The highest BCUT2D eigenvalue weighted by atomic mass is 16.5. The Bertz CT molecular complexity index is 555. The van der Waals surface area contributed by atoms with Crippen LogP contribution in [0.3, 0.4) is 0 Å². The number of carboxylic acid groups (broad SMARTS) is 1. The summed E-state index contributed by atoms with van der Waals surface area (Å²) in [6.07, 6.45) is 13.3. The zero-order valence-electron chi connectivity index (χ0n) is 16.3. The second-order valence-electron chi connectivity index (χ2n) is 7.87. The molecule has 0 aromatic carbocycles. The number of allylic oxidation sites excluding steroid dienone is 2. The summed E-state index contributed by atoms with van der Waals surface area (Å²) in [5, 5.41) is 30.5. The number of carboxylic acids is 1. The molecule has 3 N–H and O–H groups in total. The van der Waals surface area contributed by atoms with E-state index in [1.54, 1.807) is 6.08 Å². The Morgan fingerprint density at radius 3 is 2.85 bits per heavy atom. The van der Waals surface area contributed by atoms with Crippen LogP contribution >= 0.6 is 0 Å². The van der Waals surface area contributed by atoms with Crippen molar-refractivity contribution in [3.8, 4) is 0 Å². The molecule has 27 heavy (non-hydrogen) atoms. The number of aliphatic hydroxyl groups is 2. The Kier molecular flexibility index (Phi) is 8.27. The molecule has 0 aromatic rings. The van der Waals surface area contributed by atoms with Crippen molar-refractivity contribution < 1.29 is 24.9 Å². The summed E-state index contributed by atoms with van der Waals surface area (Å²) in [5.74, 6) is -1.00. The molecule has 0 amide bonds. The number of hydrogen-bond acceptors (Lipinski definition) is 4. The second-order valence-corrected chi connectivity index (χ2v) is 7.87. The zero-order valence-corrected chi connectivity index (χ0v) is 16.3. The number of fused-ring (bicyclic) bond motifs is 1. The second kappa shape index (κ2) is 10.2. The average Bonchev–Trinajstić information content (AvgIpc) is 2.97. The number of aliphatic hydroxyl groups excluding tert-OH is 1. The number of carbonyl (C=O) groups is 1. The van der Waals surface area contributed by atoms with E-state index in [-0.39, 0.29) is 17.9 Å². The first-order valence-corrected chi connectivity index (χ1v) is 10.1. The molecule has 2 rings (SSSR count). The van der Waals surface area contributed by atoms with Crippen molar-refractivity contribution in [2.75, 3.05) is 0 Å². The fraction of sp³-hybridized carbons (Fsp3) is 0.682. The predicted molar refractivity (Wildman–Crippen MR) is 105 cm³/mol. The average molecular weight is 379 g/mol. The molecule has 1 saturated carbocycles. The van der Waals surface area contributed by atoms with Gasteiger partial charge >= 0.3 is 5.97 Å². The molecule has 6 atom stereocenters. The summed E-state index contributed by atoms with van der Waals surface area (Å²) in [6, 6.07) is 0. The van der Waals surface area contributed by atoms with Crippen molar-refractivity contribution in [3.63, 3.8) is 0 Å². The van der Waals surface area contributed by atoms with Gasteiger partial charge in [0.1, 0.15) is 0 Å². The normalized spacial score (nSPS) is 34.9. The molecule has 1 fully saturated rings. The Morgan fingerprint density at radius 2 is 2.19 bits per heavy atom. The van der Waals surface area contributed by atoms with Crippen molar-refractivity contribution in [3.05, 3.63) is 37.0 Å². The fourth-order valence-electron chi connectivity index (χ4n) is 4.12. The van der Waals surface area contributed by atoms with Crippen molar-refractivity contribution in [2.24, 2.45) is 11.8 Å². The maximum absolute atomic E-state index is 11.4. The lowest BCUT2D eigenvalue weighted by Gasteiger charge is -2.25. The van der Waals surface area contributed by atoms with Gasteiger partial charge in [-0.15, -0.1) is 6.58 Å². The van der Waals surface area contributed by atoms with Crippen molar-refractivity contribution in [1.29, 1.82) is 0 Å². The lowest BCUT2D eigenvalue weighted by molar-refractivity contribution is -0.156. The van der Waals surface area contributed by atoms with E-state index in [4.69, 9.17) is 4.74 Å². The SMILES string of the molecule is C=C[C@](O)(C/C=C/[C@H]1[C@H](O)CC2OC(C(=O)O)CC/C=C\C[C@@H]21)CCCC. The molecule has 1 aliphatic heterocycles. The van der Waals surface area contributed by atoms with Crippen LogP contribution in [-0.2, 0) is 9.53 Å². The third-order valence-corrected chi connectivity index (χ3v) is 5.85. The van der Waals surface area contributed by atoms with Gasteiger partial charge in [-0.3, -0.25) is 0 Å². The molecule has 0 aromatic heterocycles. The van der Waals surface area contributed by atoms with Crippen LogP contribution in [0.1, 0.15) is 58.3 Å². The van der Waals surface area contributed by atoms with Crippen LogP contribution in [0.25, 0.3) is 0 Å². The lowest BCUT2D eigenvalue weighted by atomic mass is 9.88. The van der Waals surface area contributed by atoms with Crippen LogP contribution in [0.15, 0.2) is 37.0 Å². The molecule has 5 nitrogen and oxygen atoms in total. The summed E-state index contributed by atoms with van der Waals surface area (Å²) >= 11 is 0. The standard InChI is InChI=1S/C22H34O5/c1-3-5-13-22(26,4-2)14-9-11-16-17-10-7-6-8-12-19(21(24)25)27-20(17)15-18(16)23/h4,6-7,9,11,16-20,23,26H,2-3,5,8,10,12-15H2,1H3,(H,24,25)/b7-6-,11-9+/t16-,17-,18-,19?,20?,22-/m1/s1. The molecular formula is C22H34O5. The van der Waals surface area contributed by atoms with Gasteiger partial charge in [-0.25, -0.2) is 4.79 Å². The van der Waals surface area contributed by atoms with Crippen LogP contribution in [-0.4, -0.2) is 45.2 Å². The monoisotopic (exact) mass is 378 g/mol. The Balaban J connectivity index is 2.07. The van der Waals surface area contributed by atoms with Gasteiger partial charge in [-0.05, 0) is 38.0 Å². The Labute approximate surface area is 162 Å². The molecule has 2 unspecified atom stereocenters. The number of hydrogen-bond donors (Lipinski definition) is 3. The molecule has 0 radical (unpaired) electrons. The number of rotatable bonds is 8. The van der Waals surface area contributed by atoms with E-state index in [0.717, 1.165) is 19.3 Å². The van der Waals surface area contributed by atoms with Gasteiger partial charge in [-0.1, -0.05) is 50.1 Å². The largest absolute Gasteiger partial charge is 0.479 e. The van der Waals surface area contributed by atoms with E-state index < -0.39 is 23.8 Å². The van der Waals surface area contributed by atoms with E-state index in [1.807, 2.05) is 18.2 Å². The summed E-state index contributed by atoms with van der Waals surface area (Å²) in [6.45, 7) is 5.84. The topological polar surface area (TPSA) is 87.0 Å². The van der Waals surface area contributed by atoms with Crippen molar-refractivity contribution in [2.45, 2.75) is 82.2 Å². The molecule has 0 spiro atoms. The van der Waals surface area contributed by atoms with Gasteiger partial charge in [0.15, 0.2) is 6.10 Å². The number of unbranched alkanes of at least 4 members (excludes halogenated alkanes) is 1. The van der Waals surface area contributed by atoms with Crippen LogP contribution in [0.4, 0.5) is 0 Å². The lowest BCUT2D eigenvalue weighted by Crippen LogP contribution is -2.31. The van der Waals surface area contributed by atoms with Gasteiger partial charge in [0.05, 0.1) is 17.8 Å². The first-order chi connectivity index (χ1) is 12.9. The molecular weight excluding hydrogens is 344 g/mol. The van der Waals surface area contributed by atoms with E-state index in [0.29, 0.717) is 32.1 Å². The maximum Gasteiger partial charge on any atom is 0.332 e. The minimum atomic E-state index is -0.940.